The fourth-order valence-corrected chi connectivity index (χ4v) is 10.1. The monoisotopic (exact) mass is 874 g/mol. The first-order valence-electron chi connectivity index (χ1n) is 23.4. The lowest BCUT2D eigenvalue weighted by molar-refractivity contribution is 0.869. The Morgan fingerprint density at radius 1 is 0.412 bits per heavy atom. The molecule has 0 unspecified atom stereocenters. The van der Waals surface area contributed by atoms with Crippen LogP contribution in [0.2, 0.25) is 0 Å². The number of pyridine rings is 1. The van der Waals surface area contributed by atoms with Crippen LogP contribution in [0, 0.1) is 0 Å². The Morgan fingerprint density at radius 2 is 0.956 bits per heavy atom. The van der Waals surface area contributed by atoms with Gasteiger partial charge in [-0.25, -0.2) is 4.98 Å². The fourth-order valence-electron chi connectivity index (χ4n) is 10.1. The average Bonchev–Trinajstić information content (AvgIpc) is 3.96. The second-order valence-electron chi connectivity index (χ2n) is 17.7. The smallest absolute Gasteiger partial charge is 0.168 e. The van der Waals surface area contributed by atoms with Gasteiger partial charge in [0, 0.05) is 52.0 Å². The molecule has 0 atom stereocenters. The van der Waals surface area contributed by atoms with Gasteiger partial charge in [0.25, 0.3) is 0 Å². The molecule has 5 nitrogen and oxygen atoms in total. The van der Waals surface area contributed by atoms with E-state index in [9.17, 15) is 0 Å². The Balaban J connectivity index is 1.13. The molecule has 0 aliphatic heterocycles. The maximum Gasteiger partial charge on any atom is 0.168 e. The number of para-hydroxylation sites is 5. The quantitative estimate of drug-likeness (QED) is 0.128. The number of benzene rings is 9. The summed E-state index contributed by atoms with van der Waals surface area (Å²) in [7, 11) is 0. The van der Waals surface area contributed by atoms with Crippen LogP contribution >= 0.6 is 0 Å². The molecule has 0 saturated carbocycles. The van der Waals surface area contributed by atoms with Gasteiger partial charge in [-0.05, 0) is 88.3 Å². The van der Waals surface area contributed by atoms with Crippen molar-refractivity contribution in [2.75, 3.05) is 4.90 Å². The molecule has 0 aliphatic rings. The maximum atomic E-state index is 5.12. The number of nitrogens with zero attached hydrogens (tertiary/aromatic N) is 5. The van der Waals surface area contributed by atoms with E-state index in [1.165, 1.54) is 16.5 Å². The third-order valence-electron chi connectivity index (χ3n) is 13.2. The van der Waals surface area contributed by atoms with Gasteiger partial charge in [0.1, 0.15) is 17.2 Å². The molecule has 3 heterocycles. The molecule has 12 rings (SSSR count). The van der Waals surface area contributed by atoms with Crippen molar-refractivity contribution < 1.29 is 0 Å². The zero-order valence-electron chi connectivity index (χ0n) is 38.0. The molecule has 0 bridgehead atoms. The van der Waals surface area contributed by atoms with Crippen molar-refractivity contribution in [1.82, 2.24) is 18.7 Å². The lowest BCUT2D eigenvalue weighted by Gasteiger charge is -2.30. The predicted octanol–water partition coefficient (Wildman–Crippen LogP) is 16.8. The summed E-state index contributed by atoms with van der Waals surface area (Å²) in [5.74, 6) is 1.25. The molecule has 0 saturated heterocycles. The first-order chi connectivity index (χ1) is 33.6. The lowest BCUT2D eigenvalue weighted by atomic mass is 9.93. The summed E-state index contributed by atoms with van der Waals surface area (Å²) >= 11 is 0. The number of hydrogen-bond acceptors (Lipinski definition) is 2. The van der Waals surface area contributed by atoms with Crippen LogP contribution in [-0.4, -0.2) is 18.7 Å². The molecule has 324 valence electrons. The molecular weight excluding hydrogens is 827 g/mol. The topological polar surface area (TPSA) is 30.9 Å². The van der Waals surface area contributed by atoms with Crippen LogP contribution < -0.4 is 4.90 Å². The van der Waals surface area contributed by atoms with Crippen LogP contribution in [0.15, 0.2) is 249 Å². The van der Waals surface area contributed by atoms with Crippen molar-refractivity contribution in [2.24, 2.45) is 0 Å². The van der Waals surface area contributed by atoms with Gasteiger partial charge in [-0.3, -0.25) is 4.57 Å². The van der Waals surface area contributed by atoms with Crippen LogP contribution in [0.4, 0.5) is 17.1 Å². The normalized spacial score (nSPS) is 11.5. The standard InChI is InChI=1S/C63H48N5/c1-44(2)52-28-12-13-29-53(52)47-38-39-64-62(40-47)68-58-33-15-14-30-56(58)57-37-36-51(42-61(57)68)67(63-54(45-20-6-3-7-21-45)31-19-32-55(63)46-22-8-4-9-23-46)50-27-18-26-49(41-50)66-43-65(48-24-10-5-11-25-48)59-34-16-17-35-60(59)66/h3-44H,1-2H3/q+1. The van der Waals surface area contributed by atoms with Gasteiger partial charge in [-0.15, -0.1) is 0 Å². The Hall–Kier alpha value is -8.80. The molecule has 68 heavy (non-hydrogen) atoms. The third-order valence-corrected chi connectivity index (χ3v) is 13.2. The number of rotatable bonds is 10. The SMILES string of the molecule is CC(C)c1ccccc1-c1ccnc(-n2c3ccccc3c3ccc(N(c4cccc(-n5[cH+]n(-c6ccccc6)c6ccccc65)c4)c4c(-c5ccccc5)cccc4-c4ccccc4)cc32)c1. The van der Waals surface area contributed by atoms with Gasteiger partial charge >= 0.3 is 0 Å². The van der Waals surface area contributed by atoms with E-state index in [2.05, 4.69) is 275 Å². The molecular formula is C63H48N5+. The van der Waals surface area contributed by atoms with E-state index >= 15 is 0 Å². The van der Waals surface area contributed by atoms with Gasteiger partial charge in [0.05, 0.1) is 22.4 Å². The minimum atomic E-state index is 0.378. The summed E-state index contributed by atoms with van der Waals surface area (Å²) < 4.78 is 6.93. The first kappa shape index (κ1) is 40.7. The molecule has 5 heteroatoms. The summed E-state index contributed by atoms with van der Waals surface area (Å²) in [6.45, 7) is 4.52. The van der Waals surface area contributed by atoms with Crippen LogP contribution in [0.5, 0.6) is 0 Å². The zero-order valence-corrected chi connectivity index (χ0v) is 38.0. The second-order valence-corrected chi connectivity index (χ2v) is 17.7. The van der Waals surface area contributed by atoms with Crippen molar-refractivity contribution in [3.05, 3.63) is 255 Å². The molecule has 0 aliphatic carbocycles. The van der Waals surface area contributed by atoms with E-state index in [0.717, 1.165) is 89.5 Å². The number of imidazole rings is 1. The predicted molar refractivity (Wildman–Crippen MR) is 284 cm³/mol. The summed E-state index contributed by atoms with van der Waals surface area (Å²) in [4.78, 5) is 7.59. The second kappa shape index (κ2) is 17.2. The minimum Gasteiger partial charge on any atom is -0.308 e. The Morgan fingerprint density at radius 3 is 1.66 bits per heavy atom. The van der Waals surface area contributed by atoms with E-state index < -0.39 is 0 Å². The highest BCUT2D eigenvalue weighted by Gasteiger charge is 2.26. The van der Waals surface area contributed by atoms with Crippen LogP contribution in [0.25, 0.3) is 83.4 Å². The fraction of sp³-hybridized carbons (Fsp3) is 0.0476. The molecule has 0 amide bonds. The highest BCUT2D eigenvalue weighted by Crippen LogP contribution is 2.48. The summed E-state index contributed by atoms with van der Waals surface area (Å²) in [5.41, 5.74) is 18.0. The molecule has 0 N–H and O–H groups in total. The van der Waals surface area contributed by atoms with Gasteiger partial charge < -0.3 is 4.90 Å². The van der Waals surface area contributed by atoms with Gasteiger partial charge in [0.2, 0.25) is 0 Å². The number of anilines is 3. The molecule has 0 radical (unpaired) electrons. The Labute approximate surface area is 396 Å². The summed E-state index contributed by atoms with van der Waals surface area (Å²) in [6.07, 6.45) is 4.17. The highest BCUT2D eigenvalue weighted by atomic mass is 15.2. The zero-order chi connectivity index (χ0) is 45.6. The van der Waals surface area contributed by atoms with Gasteiger partial charge in [0.15, 0.2) is 17.4 Å². The van der Waals surface area contributed by atoms with Gasteiger partial charge in [-0.2, -0.15) is 9.13 Å². The summed E-state index contributed by atoms with van der Waals surface area (Å²) in [5, 5.41) is 2.34. The van der Waals surface area contributed by atoms with Crippen molar-refractivity contribution in [3.8, 4) is 50.6 Å². The molecule has 0 spiro atoms. The van der Waals surface area contributed by atoms with Crippen molar-refractivity contribution in [1.29, 1.82) is 0 Å². The molecule has 3 aromatic heterocycles. The summed E-state index contributed by atoms with van der Waals surface area (Å²) in [6, 6.07) is 85.2. The van der Waals surface area contributed by atoms with Crippen LogP contribution in [0.1, 0.15) is 25.3 Å². The Bertz CT molecular complexity index is 3720. The van der Waals surface area contributed by atoms with Gasteiger partial charge in [-0.1, -0.05) is 178 Å². The van der Waals surface area contributed by atoms with E-state index in [0.29, 0.717) is 5.92 Å². The molecule has 12 aromatic rings. The largest absolute Gasteiger partial charge is 0.308 e. The first-order valence-corrected chi connectivity index (χ1v) is 23.4. The minimum absolute atomic E-state index is 0.378. The van der Waals surface area contributed by atoms with E-state index in [4.69, 9.17) is 4.98 Å². The van der Waals surface area contributed by atoms with E-state index in [-0.39, 0.29) is 0 Å². The number of hydrogen-bond donors (Lipinski definition) is 0. The Kier molecular flexibility index (Phi) is 10.3. The lowest BCUT2D eigenvalue weighted by Crippen LogP contribution is -2.13. The van der Waals surface area contributed by atoms with Crippen molar-refractivity contribution in [3.63, 3.8) is 0 Å². The third kappa shape index (κ3) is 7.13. The molecule has 0 fully saturated rings. The number of fused-ring (bicyclic) bond motifs is 4. The van der Waals surface area contributed by atoms with Crippen molar-refractivity contribution in [2.45, 2.75) is 19.8 Å². The van der Waals surface area contributed by atoms with E-state index in [1.54, 1.807) is 0 Å². The van der Waals surface area contributed by atoms with Crippen LogP contribution in [0.3, 0.4) is 0 Å². The molecule has 9 aromatic carbocycles. The van der Waals surface area contributed by atoms with Crippen LogP contribution in [-0.2, 0) is 0 Å². The highest BCUT2D eigenvalue weighted by molar-refractivity contribution is 6.11. The maximum absolute atomic E-state index is 5.12. The number of aromatic nitrogens is 4. The van der Waals surface area contributed by atoms with E-state index in [1.807, 2.05) is 6.20 Å². The average molecular weight is 875 g/mol. The van der Waals surface area contributed by atoms with Crippen molar-refractivity contribution >= 4 is 49.9 Å².